The van der Waals surface area contributed by atoms with Gasteiger partial charge in [0, 0.05) is 12.0 Å². The second-order valence-electron chi connectivity index (χ2n) is 5.58. The zero-order chi connectivity index (χ0) is 16.7. The molecule has 0 bridgehead atoms. The summed E-state index contributed by atoms with van der Waals surface area (Å²) in [4.78, 5) is 13.7. The van der Waals surface area contributed by atoms with Crippen LogP contribution in [0.2, 0.25) is 0 Å². The van der Waals surface area contributed by atoms with Crippen LogP contribution in [0.5, 0.6) is 0 Å². The van der Waals surface area contributed by atoms with Gasteiger partial charge in [0.2, 0.25) is 10.0 Å². The number of nitrogens with zero attached hydrogens (tertiary/aromatic N) is 1. The third-order valence-corrected chi connectivity index (χ3v) is 4.93. The Morgan fingerprint density at radius 3 is 2.64 bits per heavy atom. The van der Waals surface area contributed by atoms with E-state index in [1.165, 1.54) is 17.0 Å². The minimum Gasteiger partial charge on any atom is -0.394 e. The Kier molecular flexibility index (Phi) is 4.55. The monoisotopic (exact) mass is 330 g/mol. The summed E-state index contributed by atoms with van der Waals surface area (Å²) in [6.45, 7) is 2.92. The highest BCUT2D eigenvalue weighted by molar-refractivity contribution is 7.89. The second kappa shape index (κ2) is 5.94. The van der Waals surface area contributed by atoms with E-state index >= 15 is 0 Å². The van der Waals surface area contributed by atoms with E-state index in [1.807, 2.05) is 0 Å². The summed E-state index contributed by atoms with van der Waals surface area (Å²) in [6, 6.07) is 2.01. The van der Waals surface area contributed by atoms with Gasteiger partial charge in [0.05, 0.1) is 24.1 Å². The molecule has 3 N–H and O–H groups in total. The molecule has 1 aliphatic rings. The Labute approximate surface area is 128 Å². The van der Waals surface area contributed by atoms with Gasteiger partial charge in [-0.2, -0.15) is 0 Å². The van der Waals surface area contributed by atoms with E-state index in [1.54, 1.807) is 13.8 Å². The van der Waals surface area contributed by atoms with Crippen molar-refractivity contribution >= 4 is 15.9 Å². The molecule has 122 valence electrons. The van der Waals surface area contributed by atoms with Gasteiger partial charge in [0.25, 0.3) is 5.91 Å². The van der Waals surface area contributed by atoms with E-state index in [9.17, 15) is 22.7 Å². The lowest BCUT2D eigenvalue weighted by atomic mass is 10.0. The summed E-state index contributed by atoms with van der Waals surface area (Å²) >= 11 is 0. The van der Waals surface area contributed by atoms with Crippen LogP contribution in [0.25, 0.3) is 0 Å². The molecule has 1 heterocycles. The number of carbonyl (C=O) groups excluding carboxylic acids is 1. The minimum atomic E-state index is -3.95. The van der Waals surface area contributed by atoms with Gasteiger partial charge in [0.1, 0.15) is 6.17 Å². The lowest BCUT2D eigenvalue weighted by molar-refractivity contribution is 0.0672. The number of amides is 1. The third kappa shape index (κ3) is 3.13. The van der Waals surface area contributed by atoms with Crippen LogP contribution in [-0.2, 0) is 10.0 Å². The zero-order valence-electron chi connectivity index (χ0n) is 12.4. The number of carbonyl (C=O) groups is 1. The third-order valence-electron chi connectivity index (χ3n) is 4.03. The summed E-state index contributed by atoms with van der Waals surface area (Å²) in [5.41, 5.74) is 1.37. The first-order chi connectivity index (χ1) is 10.1. The number of alkyl halides is 1. The molecule has 0 saturated carbocycles. The van der Waals surface area contributed by atoms with Crippen molar-refractivity contribution in [2.24, 2.45) is 5.14 Å². The molecule has 22 heavy (non-hydrogen) atoms. The molecule has 0 aliphatic carbocycles. The molecule has 0 spiro atoms. The predicted molar refractivity (Wildman–Crippen MR) is 78.7 cm³/mol. The fraction of sp³-hybridized carbons (Fsp3) is 0.500. The smallest absolute Gasteiger partial charge is 0.254 e. The number of rotatable bonds is 3. The van der Waals surface area contributed by atoms with Crippen molar-refractivity contribution in [1.29, 1.82) is 0 Å². The van der Waals surface area contributed by atoms with Crippen LogP contribution in [0, 0.1) is 13.8 Å². The molecule has 0 radical (unpaired) electrons. The summed E-state index contributed by atoms with van der Waals surface area (Å²) in [7, 11) is -3.95. The van der Waals surface area contributed by atoms with E-state index in [-0.39, 0.29) is 30.0 Å². The molecular formula is C14H19FN2O4S. The Bertz CT molecular complexity index is 705. The fourth-order valence-electron chi connectivity index (χ4n) is 2.65. The highest BCUT2D eigenvalue weighted by Gasteiger charge is 2.36. The van der Waals surface area contributed by atoms with Crippen molar-refractivity contribution in [1.82, 2.24) is 4.90 Å². The van der Waals surface area contributed by atoms with Gasteiger partial charge in [-0.15, -0.1) is 0 Å². The first-order valence-corrected chi connectivity index (χ1v) is 8.39. The normalized spacial score (nSPS) is 22.1. The van der Waals surface area contributed by atoms with Gasteiger partial charge >= 0.3 is 0 Å². The Hall–Kier alpha value is -1.51. The number of aliphatic hydroxyl groups excluding tert-OH is 1. The maximum atomic E-state index is 13.5. The van der Waals surface area contributed by atoms with E-state index in [4.69, 9.17) is 5.14 Å². The number of sulfonamides is 1. The van der Waals surface area contributed by atoms with Gasteiger partial charge < -0.3 is 10.0 Å². The SMILES string of the molecule is Cc1cc(S(N)(=O)=O)cc(C(=O)N2C[C@@H](F)C[C@H]2CO)c1C. The van der Waals surface area contributed by atoms with Gasteiger partial charge in [-0.05, 0) is 37.1 Å². The molecule has 0 unspecified atom stereocenters. The fourth-order valence-corrected chi connectivity index (χ4v) is 3.27. The lowest BCUT2D eigenvalue weighted by Crippen LogP contribution is -2.38. The molecule has 2 rings (SSSR count). The zero-order valence-corrected chi connectivity index (χ0v) is 13.2. The number of nitrogens with two attached hydrogens (primary N) is 1. The van der Waals surface area contributed by atoms with Crippen LogP contribution in [-0.4, -0.2) is 49.7 Å². The van der Waals surface area contributed by atoms with Gasteiger partial charge in [-0.3, -0.25) is 4.79 Å². The number of aliphatic hydroxyl groups is 1. The van der Waals surface area contributed by atoms with Crippen LogP contribution in [0.1, 0.15) is 27.9 Å². The number of benzene rings is 1. The average molecular weight is 330 g/mol. The van der Waals surface area contributed by atoms with Gasteiger partial charge in [-0.1, -0.05) is 0 Å². The molecule has 1 aromatic rings. The van der Waals surface area contributed by atoms with Crippen LogP contribution in [0.15, 0.2) is 17.0 Å². The first-order valence-electron chi connectivity index (χ1n) is 6.85. The van der Waals surface area contributed by atoms with E-state index in [0.717, 1.165) is 0 Å². The van der Waals surface area contributed by atoms with Crippen LogP contribution in [0.4, 0.5) is 4.39 Å². The van der Waals surface area contributed by atoms with Crippen molar-refractivity contribution < 1.29 is 22.7 Å². The number of hydrogen-bond donors (Lipinski definition) is 2. The molecular weight excluding hydrogens is 311 g/mol. The summed E-state index contributed by atoms with van der Waals surface area (Å²) < 4.78 is 36.6. The van der Waals surface area contributed by atoms with Crippen molar-refractivity contribution in [2.45, 2.75) is 37.4 Å². The molecule has 6 nitrogen and oxygen atoms in total. The van der Waals surface area contributed by atoms with E-state index < -0.39 is 28.1 Å². The summed E-state index contributed by atoms with van der Waals surface area (Å²) in [5.74, 6) is -0.495. The van der Waals surface area contributed by atoms with Crippen molar-refractivity contribution in [3.63, 3.8) is 0 Å². The number of primary sulfonamides is 1. The Balaban J connectivity index is 2.48. The Morgan fingerprint density at radius 2 is 2.09 bits per heavy atom. The van der Waals surface area contributed by atoms with Crippen molar-refractivity contribution in [2.75, 3.05) is 13.2 Å². The highest BCUT2D eigenvalue weighted by atomic mass is 32.2. The number of aryl methyl sites for hydroxylation is 1. The highest BCUT2D eigenvalue weighted by Crippen LogP contribution is 2.26. The summed E-state index contributed by atoms with van der Waals surface area (Å²) in [5, 5.41) is 14.4. The van der Waals surface area contributed by atoms with E-state index in [0.29, 0.717) is 11.1 Å². The molecule has 1 fully saturated rings. The lowest BCUT2D eigenvalue weighted by Gasteiger charge is -2.24. The molecule has 8 heteroatoms. The minimum absolute atomic E-state index is 0.0785. The second-order valence-corrected chi connectivity index (χ2v) is 7.15. The van der Waals surface area contributed by atoms with E-state index in [2.05, 4.69) is 0 Å². The number of halogens is 1. The standard InChI is InChI=1S/C14H19FN2O4S/c1-8-3-12(22(16,20)21)5-13(9(8)2)14(19)17-6-10(15)4-11(17)7-18/h3,5,10-11,18H,4,6-7H2,1-2H3,(H2,16,20,21)/t10-,11-/m0/s1. The van der Waals surface area contributed by atoms with Crippen LogP contribution < -0.4 is 5.14 Å². The van der Waals surface area contributed by atoms with Gasteiger partial charge in [-0.25, -0.2) is 17.9 Å². The van der Waals surface area contributed by atoms with Crippen LogP contribution in [0.3, 0.4) is 0 Å². The van der Waals surface area contributed by atoms with Crippen molar-refractivity contribution in [3.8, 4) is 0 Å². The molecule has 0 aromatic heterocycles. The maximum absolute atomic E-state index is 13.5. The molecule has 1 aromatic carbocycles. The number of hydrogen-bond acceptors (Lipinski definition) is 4. The molecule has 1 amide bonds. The maximum Gasteiger partial charge on any atom is 0.254 e. The number of likely N-dealkylation sites (tertiary alicyclic amines) is 1. The molecule has 2 atom stereocenters. The predicted octanol–water partition coefficient (Wildman–Crippen LogP) is 0.496. The topological polar surface area (TPSA) is 101 Å². The molecule has 1 saturated heterocycles. The quantitative estimate of drug-likeness (QED) is 0.842. The average Bonchev–Trinajstić information content (AvgIpc) is 2.81. The van der Waals surface area contributed by atoms with Crippen LogP contribution >= 0.6 is 0 Å². The largest absolute Gasteiger partial charge is 0.394 e. The molecule has 1 aliphatic heterocycles. The Morgan fingerprint density at radius 1 is 1.45 bits per heavy atom. The summed E-state index contributed by atoms with van der Waals surface area (Å²) in [6.07, 6.45) is -1.11. The first kappa shape index (κ1) is 16.9. The van der Waals surface area contributed by atoms with Crippen molar-refractivity contribution in [3.05, 3.63) is 28.8 Å². The van der Waals surface area contributed by atoms with Gasteiger partial charge in [0.15, 0.2) is 0 Å².